The maximum atomic E-state index is 12.6. The third kappa shape index (κ3) is 4.25. The summed E-state index contributed by atoms with van der Waals surface area (Å²) in [5.41, 5.74) is -0.0300. The number of carbonyl (C=O) groups is 1. The van der Waals surface area contributed by atoms with Crippen LogP contribution in [0.1, 0.15) is 50.4 Å². The van der Waals surface area contributed by atoms with Crippen molar-refractivity contribution in [3.63, 3.8) is 0 Å². The summed E-state index contributed by atoms with van der Waals surface area (Å²) < 4.78 is 26.7. The van der Waals surface area contributed by atoms with Crippen molar-refractivity contribution in [3.8, 4) is 0 Å². The van der Waals surface area contributed by atoms with Crippen LogP contribution in [0.4, 0.5) is 0 Å². The summed E-state index contributed by atoms with van der Waals surface area (Å²) in [6.45, 7) is 6.23. The van der Waals surface area contributed by atoms with Gasteiger partial charge in [0.15, 0.2) is 5.03 Å². The van der Waals surface area contributed by atoms with Gasteiger partial charge in [-0.1, -0.05) is 20.3 Å². The SMILES string of the molecule is CCCCN(C(C)CC)S(=O)(=O)c1ccc(C(=O)O)cn1. The molecule has 1 unspecified atom stereocenters. The summed E-state index contributed by atoms with van der Waals surface area (Å²) in [5.74, 6) is -1.13. The van der Waals surface area contributed by atoms with Crippen molar-refractivity contribution in [1.29, 1.82) is 0 Å². The van der Waals surface area contributed by atoms with Crippen molar-refractivity contribution in [2.24, 2.45) is 0 Å². The minimum absolute atomic E-state index is 0.0300. The molecule has 0 amide bonds. The van der Waals surface area contributed by atoms with Crippen LogP contribution >= 0.6 is 0 Å². The first-order valence-electron chi connectivity index (χ1n) is 7.05. The van der Waals surface area contributed by atoms with Gasteiger partial charge in [0.05, 0.1) is 5.56 Å². The number of sulfonamides is 1. The van der Waals surface area contributed by atoms with Crippen LogP contribution in [0.2, 0.25) is 0 Å². The second kappa shape index (κ2) is 7.51. The van der Waals surface area contributed by atoms with Crippen LogP contribution in [0.15, 0.2) is 23.4 Å². The van der Waals surface area contributed by atoms with Gasteiger partial charge in [0.1, 0.15) is 0 Å². The smallest absolute Gasteiger partial charge is 0.337 e. The molecule has 118 valence electrons. The van der Waals surface area contributed by atoms with Gasteiger partial charge in [-0.05, 0) is 31.9 Å². The average Bonchev–Trinajstić information content (AvgIpc) is 2.47. The lowest BCUT2D eigenvalue weighted by Crippen LogP contribution is -2.39. The molecule has 0 aliphatic rings. The van der Waals surface area contributed by atoms with Crippen LogP contribution < -0.4 is 0 Å². The quantitative estimate of drug-likeness (QED) is 0.796. The number of pyridine rings is 1. The Kier molecular flexibility index (Phi) is 6.29. The fourth-order valence-corrected chi connectivity index (χ4v) is 3.53. The number of unbranched alkanes of at least 4 members (excludes halogenated alkanes) is 1. The predicted molar refractivity (Wildman–Crippen MR) is 79.7 cm³/mol. The molecule has 21 heavy (non-hydrogen) atoms. The molecule has 0 fully saturated rings. The van der Waals surface area contributed by atoms with E-state index in [0.717, 1.165) is 19.0 Å². The fourth-order valence-electron chi connectivity index (χ4n) is 1.87. The predicted octanol–water partition coefficient (Wildman–Crippen LogP) is 2.37. The Morgan fingerprint density at radius 2 is 2.05 bits per heavy atom. The average molecular weight is 314 g/mol. The van der Waals surface area contributed by atoms with E-state index in [1.54, 1.807) is 0 Å². The number of aromatic nitrogens is 1. The highest BCUT2D eigenvalue weighted by Gasteiger charge is 2.29. The molecule has 0 radical (unpaired) electrons. The van der Waals surface area contributed by atoms with Crippen molar-refractivity contribution in [3.05, 3.63) is 23.9 Å². The first-order valence-corrected chi connectivity index (χ1v) is 8.49. The molecule has 0 bridgehead atoms. The fraction of sp³-hybridized carbons (Fsp3) is 0.571. The van der Waals surface area contributed by atoms with Crippen LogP contribution in [-0.4, -0.2) is 41.4 Å². The van der Waals surface area contributed by atoms with Gasteiger partial charge in [0.2, 0.25) is 0 Å². The lowest BCUT2D eigenvalue weighted by atomic mass is 10.2. The number of aromatic carboxylic acids is 1. The van der Waals surface area contributed by atoms with E-state index in [0.29, 0.717) is 13.0 Å². The molecule has 0 aromatic carbocycles. The summed E-state index contributed by atoms with van der Waals surface area (Å²) >= 11 is 0. The minimum Gasteiger partial charge on any atom is -0.478 e. The standard InChI is InChI=1S/C14H22N2O4S/c1-4-6-9-16(11(3)5-2)21(19,20)13-8-7-12(10-15-13)14(17)18/h7-8,10-11H,4-6,9H2,1-3H3,(H,17,18). The van der Waals surface area contributed by atoms with Crippen LogP contribution in [0.3, 0.4) is 0 Å². The molecular formula is C14H22N2O4S. The number of carboxylic acids is 1. The number of hydrogen-bond acceptors (Lipinski definition) is 4. The van der Waals surface area contributed by atoms with Gasteiger partial charge in [-0.3, -0.25) is 0 Å². The van der Waals surface area contributed by atoms with Gasteiger partial charge in [0.25, 0.3) is 10.0 Å². The maximum absolute atomic E-state index is 12.6. The van der Waals surface area contributed by atoms with Gasteiger partial charge in [0, 0.05) is 18.8 Å². The molecule has 1 atom stereocenters. The lowest BCUT2D eigenvalue weighted by Gasteiger charge is -2.27. The maximum Gasteiger partial charge on any atom is 0.337 e. The van der Waals surface area contributed by atoms with E-state index in [-0.39, 0.29) is 16.6 Å². The van der Waals surface area contributed by atoms with Crippen molar-refractivity contribution in [1.82, 2.24) is 9.29 Å². The highest BCUT2D eigenvalue weighted by molar-refractivity contribution is 7.89. The zero-order valence-electron chi connectivity index (χ0n) is 12.6. The molecular weight excluding hydrogens is 292 g/mol. The van der Waals surface area contributed by atoms with Gasteiger partial charge in [-0.2, -0.15) is 4.31 Å². The Morgan fingerprint density at radius 3 is 2.48 bits per heavy atom. The van der Waals surface area contributed by atoms with Gasteiger partial charge in [-0.25, -0.2) is 18.2 Å². The first-order chi connectivity index (χ1) is 9.84. The number of carboxylic acid groups (broad SMARTS) is 1. The van der Waals surface area contributed by atoms with Crippen molar-refractivity contribution < 1.29 is 18.3 Å². The topological polar surface area (TPSA) is 87.6 Å². The molecule has 0 spiro atoms. The molecule has 1 heterocycles. The van der Waals surface area contributed by atoms with Gasteiger partial charge in [-0.15, -0.1) is 0 Å². The highest BCUT2D eigenvalue weighted by Crippen LogP contribution is 2.19. The summed E-state index contributed by atoms with van der Waals surface area (Å²) in [4.78, 5) is 14.6. The second-order valence-corrected chi connectivity index (χ2v) is 6.75. The zero-order valence-corrected chi connectivity index (χ0v) is 13.4. The number of nitrogens with zero attached hydrogens (tertiary/aromatic N) is 2. The van der Waals surface area contributed by atoms with E-state index in [9.17, 15) is 13.2 Å². The van der Waals surface area contributed by atoms with Crippen LogP contribution in [-0.2, 0) is 10.0 Å². The van der Waals surface area contributed by atoms with E-state index in [4.69, 9.17) is 5.11 Å². The largest absolute Gasteiger partial charge is 0.478 e. The summed E-state index contributed by atoms with van der Waals surface area (Å²) in [5, 5.41) is 8.72. The van der Waals surface area contributed by atoms with E-state index in [1.807, 2.05) is 20.8 Å². The van der Waals surface area contributed by atoms with E-state index < -0.39 is 16.0 Å². The van der Waals surface area contributed by atoms with E-state index in [2.05, 4.69) is 4.98 Å². The monoisotopic (exact) mass is 314 g/mol. The molecule has 1 N–H and O–H groups in total. The third-order valence-electron chi connectivity index (χ3n) is 3.37. The Morgan fingerprint density at radius 1 is 1.38 bits per heavy atom. The minimum atomic E-state index is -3.70. The first kappa shape index (κ1) is 17.6. The number of hydrogen-bond donors (Lipinski definition) is 1. The molecule has 7 heteroatoms. The molecule has 0 aliphatic heterocycles. The molecule has 0 saturated heterocycles. The normalized spacial score (nSPS) is 13.3. The van der Waals surface area contributed by atoms with E-state index >= 15 is 0 Å². The summed E-state index contributed by atoms with van der Waals surface area (Å²) in [6, 6.07) is 2.39. The van der Waals surface area contributed by atoms with Crippen molar-refractivity contribution >= 4 is 16.0 Å². The zero-order chi connectivity index (χ0) is 16.0. The Hall–Kier alpha value is -1.47. The molecule has 1 rings (SSSR count). The summed E-state index contributed by atoms with van der Waals surface area (Å²) in [7, 11) is -3.70. The van der Waals surface area contributed by atoms with Crippen LogP contribution in [0.25, 0.3) is 0 Å². The Bertz CT molecular complexity index is 569. The summed E-state index contributed by atoms with van der Waals surface area (Å²) in [6.07, 6.45) is 3.45. The Labute approximate surface area is 125 Å². The lowest BCUT2D eigenvalue weighted by molar-refractivity contribution is 0.0696. The molecule has 0 saturated carbocycles. The Balaban J connectivity index is 3.12. The molecule has 6 nitrogen and oxygen atoms in total. The number of rotatable bonds is 8. The third-order valence-corrected chi connectivity index (χ3v) is 5.30. The van der Waals surface area contributed by atoms with Crippen molar-refractivity contribution in [2.75, 3.05) is 6.54 Å². The molecule has 0 aliphatic carbocycles. The second-order valence-electron chi connectivity index (χ2n) is 4.92. The van der Waals surface area contributed by atoms with Gasteiger partial charge >= 0.3 is 5.97 Å². The van der Waals surface area contributed by atoms with E-state index in [1.165, 1.54) is 16.4 Å². The molecule has 1 aromatic heterocycles. The molecule has 1 aromatic rings. The van der Waals surface area contributed by atoms with Crippen LogP contribution in [0, 0.1) is 0 Å². The highest BCUT2D eigenvalue weighted by atomic mass is 32.2. The van der Waals surface area contributed by atoms with Crippen LogP contribution in [0.5, 0.6) is 0 Å². The van der Waals surface area contributed by atoms with Gasteiger partial charge < -0.3 is 5.11 Å². The van der Waals surface area contributed by atoms with Crippen molar-refractivity contribution in [2.45, 2.75) is 51.1 Å².